The van der Waals surface area contributed by atoms with Crippen LogP contribution in [0.15, 0.2) is 0 Å². The van der Waals surface area contributed by atoms with Crippen molar-refractivity contribution in [2.75, 3.05) is 31.6 Å². The van der Waals surface area contributed by atoms with Gasteiger partial charge in [-0.15, -0.1) is 0 Å². The molecule has 0 aliphatic carbocycles. The zero-order chi connectivity index (χ0) is 9.68. The fourth-order valence-electron chi connectivity index (χ4n) is 1.22. The Hall–Kier alpha value is -0.550. The van der Waals surface area contributed by atoms with Gasteiger partial charge in [-0.25, -0.2) is 0 Å². The summed E-state index contributed by atoms with van der Waals surface area (Å²) in [5, 5.41) is 2.76. The normalized spacial score (nSPS) is 18.1. The zero-order valence-corrected chi connectivity index (χ0v) is 8.52. The van der Waals surface area contributed by atoms with E-state index in [0.717, 1.165) is 12.2 Å². The van der Waals surface area contributed by atoms with Gasteiger partial charge in [-0.2, -0.15) is 11.8 Å². The third kappa shape index (κ3) is 3.00. The van der Waals surface area contributed by atoms with Crippen molar-refractivity contribution < 1.29 is 9.59 Å². The number of nitrogens with zero attached hydrogens (tertiary/aromatic N) is 1. The molecule has 1 saturated heterocycles. The van der Waals surface area contributed by atoms with E-state index < -0.39 is 0 Å². The summed E-state index contributed by atoms with van der Waals surface area (Å²) in [5.74, 6) is 0.791. The van der Waals surface area contributed by atoms with Crippen molar-refractivity contribution in [2.45, 2.75) is 6.42 Å². The van der Waals surface area contributed by atoms with Gasteiger partial charge in [-0.05, 0) is 18.4 Å². The molecule has 2 amide bonds. The topological polar surface area (TPSA) is 49.4 Å². The molecule has 1 aliphatic heterocycles. The first-order chi connectivity index (χ1) is 6.25. The Labute approximate surface area is 82.0 Å². The summed E-state index contributed by atoms with van der Waals surface area (Å²) in [6, 6.07) is 0. The average molecular weight is 202 g/mol. The van der Waals surface area contributed by atoms with Crippen molar-refractivity contribution in [3.63, 3.8) is 0 Å². The molecular formula is C8H14N2O2S. The monoisotopic (exact) mass is 202 g/mol. The summed E-state index contributed by atoms with van der Waals surface area (Å²) in [6.45, 7) is 1.16. The van der Waals surface area contributed by atoms with Gasteiger partial charge in [-0.3, -0.25) is 19.8 Å². The second-order valence-electron chi connectivity index (χ2n) is 2.89. The summed E-state index contributed by atoms with van der Waals surface area (Å²) in [6.07, 6.45) is 2.90. The van der Waals surface area contributed by atoms with Crippen LogP contribution in [-0.4, -0.2) is 48.4 Å². The van der Waals surface area contributed by atoms with E-state index >= 15 is 0 Å². The van der Waals surface area contributed by atoms with E-state index in [1.165, 1.54) is 4.90 Å². The van der Waals surface area contributed by atoms with Gasteiger partial charge < -0.3 is 0 Å². The van der Waals surface area contributed by atoms with Crippen LogP contribution in [-0.2, 0) is 9.59 Å². The van der Waals surface area contributed by atoms with Crippen LogP contribution >= 0.6 is 11.8 Å². The molecule has 1 fully saturated rings. The molecule has 74 valence electrons. The lowest BCUT2D eigenvalue weighted by molar-refractivity contribution is -0.146. The number of rotatable bonds is 4. The minimum Gasteiger partial charge on any atom is -0.300 e. The maximum Gasteiger partial charge on any atom is 0.243 e. The largest absolute Gasteiger partial charge is 0.300 e. The standard InChI is InChI=1S/C8H14N2O2S/c1-13-4-2-3-10-7(11)5-9-6-8(10)12/h9H,2-6H2,1H3. The van der Waals surface area contributed by atoms with Gasteiger partial charge in [0.05, 0.1) is 13.1 Å². The second kappa shape index (κ2) is 5.24. The highest BCUT2D eigenvalue weighted by molar-refractivity contribution is 7.98. The predicted molar refractivity (Wildman–Crippen MR) is 52.6 cm³/mol. The van der Waals surface area contributed by atoms with Crippen LogP contribution in [0.3, 0.4) is 0 Å². The summed E-state index contributed by atoms with van der Waals surface area (Å²) in [4.78, 5) is 23.8. The lowest BCUT2D eigenvalue weighted by Crippen LogP contribution is -2.52. The number of hydrogen-bond donors (Lipinski definition) is 1. The molecule has 13 heavy (non-hydrogen) atoms. The van der Waals surface area contributed by atoms with Gasteiger partial charge in [0.2, 0.25) is 11.8 Å². The third-order valence-corrected chi connectivity index (χ3v) is 2.58. The van der Waals surface area contributed by atoms with E-state index in [-0.39, 0.29) is 11.8 Å². The number of thioether (sulfide) groups is 1. The molecule has 1 N–H and O–H groups in total. The van der Waals surface area contributed by atoms with E-state index in [0.29, 0.717) is 19.6 Å². The highest BCUT2D eigenvalue weighted by Gasteiger charge is 2.24. The summed E-state index contributed by atoms with van der Waals surface area (Å²) < 4.78 is 0. The van der Waals surface area contributed by atoms with Gasteiger partial charge in [-0.1, -0.05) is 0 Å². The van der Waals surface area contributed by atoms with E-state index in [9.17, 15) is 9.59 Å². The number of carbonyl (C=O) groups is 2. The van der Waals surface area contributed by atoms with E-state index in [1.807, 2.05) is 6.26 Å². The van der Waals surface area contributed by atoms with Crippen molar-refractivity contribution in [1.82, 2.24) is 10.2 Å². The van der Waals surface area contributed by atoms with E-state index in [1.54, 1.807) is 11.8 Å². The van der Waals surface area contributed by atoms with Crippen LogP contribution in [0.1, 0.15) is 6.42 Å². The van der Waals surface area contributed by atoms with Crippen LogP contribution in [0.4, 0.5) is 0 Å². The summed E-state index contributed by atoms with van der Waals surface area (Å²) in [5.41, 5.74) is 0. The average Bonchev–Trinajstić information content (AvgIpc) is 2.10. The van der Waals surface area contributed by atoms with Crippen LogP contribution in [0.25, 0.3) is 0 Å². The lowest BCUT2D eigenvalue weighted by atomic mass is 10.3. The van der Waals surface area contributed by atoms with Crippen LogP contribution in [0.2, 0.25) is 0 Å². The van der Waals surface area contributed by atoms with Crippen molar-refractivity contribution in [3.05, 3.63) is 0 Å². The predicted octanol–water partition coefficient (Wildman–Crippen LogP) is -0.302. The van der Waals surface area contributed by atoms with Crippen LogP contribution < -0.4 is 5.32 Å². The SMILES string of the molecule is CSCCCN1C(=O)CNCC1=O. The molecule has 5 heteroatoms. The Balaban J connectivity index is 2.35. The lowest BCUT2D eigenvalue weighted by Gasteiger charge is -2.25. The van der Waals surface area contributed by atoms with Crippen molar-refractivity contribution >= 4 is 23.6 Å². The Morgan fingerprint density at radius 1 is 1.38 bits per heavy atom. The minimum absolute atomic E-state index is 0.0997. The van der Waals surface area contributed by atoms with Gasteiger partial charge in [0, 0.05) is 6.54 Å². The number of hydrogen-bond acceptors (Lipinski definition) is 4. The quantitative estimate of drug-likeness (QED) is 0.502. The Bertz CT molecular complexity index is 192. The minimum atomic E-state index is -0.0997. The highest BCUT2D eigenvalue weighted by Crippen LogP contribution is 2.01. The fraction of sp³-hybridized carbons (Fsp3) is 0.750. The fourth-order valence-corrected chi connectivity index (χ4v) is 1.64. The second-order valence-corrected chi connectivity index (χ2v) is 3.87. The van der Waals surface area contributed by atoms with Gasteiger partial charge in [0.15, 0.2) is 0 Å². The number of nitrogens with one attached hydrogen (secondary N) is 1. The molecule has 1 aliphatic rings. The van der Waals surface area contributed by atoms with Gasteiger partial charge in [0.25, 0.3) is 0 Å². The Kier molecular flexibility index (Phi) is 4.24. The van der Waals surface area contributed by atoms with Gasteiger partial charge >= 0.3 is 0 Å². The molecular weight excluding hydrogens is 188 g/mol. The van der Waals surface area contributed by atoms with Crippen molar-refractivity contribution in [2.24, 2.45) is 0 Å². The number of piperazine rings is 1. The molecule has 1 rings (SSSR count). The molecule has 0 unspecified atom stereocenters. The first-order valence-corrected chi connectivity index (χ1v) is 5.68. The molecule has 1 heterocycles. The molecule has 0 bridgehead atoms. The Morgan fingerprint density at radius 2 is 2.00 bits per heavy atom. The molecule has 4 nitrogen and oxygen atoms in total. The maximum atomic E-state index is 11.2. The van der Waals surface area contributed by atoms with Gasteiger partial charge in [0.1, 0.15) is 0 Å². The van der Waals surface area contributed by atoms with Crippen LogP contribution in [0.5, 0.6) is 0 Å². The molecule has 0 aromatic heterocycles. The molecule has 0 aromatic rings. The maximum absolute atomic E-state index is 11.2. The molecule has 0 atom stereocenters. The number of amides is 2. The van der Waals surface area contributed by atoms with E-state index in [4.69, 9.17) is 0 Å². The number of carbonyl (C=O) groups excluding carboxylic acids is 2. The summed E-state index contributed by atoms with van der Waals surface area (Å²) >= 11 is 1.73. The van der Waals surface area contributed by atoms with Crippen molar-refractivity contribution in [3.8, 4) is 0 Å². The zero-order valence-electron chi connectivity index (χ0n) is 7.71. The highest BCUT2D eigenvalue weighted by atomic mass is 32.2. The van der Waals surface area contributed by atoms with Crippen molar-refractivity contribution in [1.29, 1.82) is 0 Å². The Morgan fingerprint density at radius 3 is 2.54 bits per heavy atom. The first kappa shape index (κ1) is 10.5. The van der Waals surface area contributed by atoms with Crippen LogP contribution in [0, 0.1) is 0 Å². The first-order valence-electron chi connectivity index (χ1n) is 4.28. The van der Waals surface area contributed by atoms with E-state index in [2.05, 4.69) is 5.32 Å². The summed E-state index contributed by atoms with van der Waals surface area (Å²) in [7, 11) is 0. The molecule has 0 saturated carbocycles. The molecule has 0 aromatic carbocycles. The number of imide groups is 1. The molecule has 0 spiro atoms. The third-order valence-electron chi connectivity index (χ3n) is 1.88. The molecule has 0 radical (unpaired) electrons. The smallest absolute Gasteiger partial charge is 0.243 e.